The lowest BCUT2D eigenvalue weighted by molar-refractivity contribution is -0.124. The smallest absolute Gasteiger partial charge is 0.237 e. The predicted molar refractivity (Wildman–Crippen MR) is 106 cm³/mol. The average Bonchev–Trinajstić information content (AvgIpc) is 2.72. The highest BCUT2D eigenvalue weighted by molar-refractivity contribution is 6.32. The lowest BCUT2D eigenvalue weighted by atomic mass is 9.92. The van der Waals surface area contributed by atoms with E-state index in [1.807, 2.05) is 42.5 Å². The van der Waals surface area contributed by atoms with Crippen LogP contribution in [0.1, 0.15) is 24.0 Å². The van der Waals surface area contributed by atoms with Crippen LogP contribution in [0, 0.1) is 5.92 Å². The Bertz CT molecular complexity index is 763. The summed E-state index contributed by atoms with van der Waals surface area (Å²) in [5.74, 6) is 0.695. The monoisotopic (exact) mass is 388 g/mol. The largest absolute Gasteiger partial charge is 0.487 e. The summed E-state index contributed by atoms with van der Waals surface area (Å²) in [7, 11) is 0. The molecule has 0 spiro atoms. The quantitative estimate of drug-likeness (QED) is 0.763. The van der Waals surface area contributed by atoms with Gasteiger partial charge < -0.3 is 20.5 Å². The van der Waals surface area contributed by atoms with E-state index >= 15 is 0 Å². The summed E-state index contributed by atoms with van der Waals surface area (Å²) in [4.78, 5) is 12.4. The van der Waals surface area contributed by atoms with Crippen LogP contribution in [0.25, 0.3) is 0 Å². The van der Waals surface area contributed by atoms with Crippen LogP contribution < -0.4 is 15.8 Å². The zero-order chi connectivity index (χ0) is 19.1. The van der Waals surface area contributed by atoms with Crippen LogP contribution in [0.5, 0.6) is 5.75 Å². The second-order valence-electron chi connectivity index (χ2n) is 6.68. The van der Waals surface area contributed by atoms with Gasteiger partial charge in [0.2, 0.25) is 5.91 Å². The molecular formula is C21H25ClN2O3. The number of benzene rings is 2. The third-order valence-electron chi connectivity index (χ3n) is 4.87. The molecule has 1 fully saturated rings. The van der Waals surface area contributed by atoms with Crippen LogP contribution in [-0.2, 0) is 22.7 Å². The normalized spacial score (nSPS) is 15.9. The molecule has 1 aliphatic heterocycles. The molecule has 1 unspecified atom stereocenters. The first kappa shape index (κ1) is 19.7. The van der Waals surface area contributed by atoms with E-state index in [0.29, 0.717) is 37.1 Å². The predicted octanol–water partition coefficient (Wildman–Crippen LogP) is 3.29. The van der Waals surface area contributed by atoms with Crippen LogP contribution in [0.3, 0.4) is 0 Å². The number of amides is 1. The van der Waals surface area contributed by atoms with Crippen molar-refractivity contribution in [1.29, 1.82) is 0 Å². The standard InChI is InChI=1S/C21H25ClN2O3/c22-18-7-3-4-8-19(18)27-14-17-6-2-1-5-16(17)13-24-21(25)20(23)15-9-11-26-12-10-15/h1-8,15,20H,9-14,23H2,(H,24,25). The van der Waals surface area contributed by atoms with Gasteiger partial charge in [0.25, 0.3) is 0 Å². The number of hydrogen-bond donors (Lipinski definition) is 2. The van der Waals surface area contributed by atoms with Gasteiger partial charge in [-0.3, -0.25) is 4.79 Å². The molecule has 5 nitrogen and oxygen atoms in total. The molecule has 3 N–H and O–H groups in total. The molecule has 2 aromatic rings. The maximum absolute atomic E-state index is 12.4. The molecule has 144 valence electrons. The van der Waals surface area contributed by atoms with Crippen molar-refractivity contribution < 1.29 is 14.3 Å². The summed E-state index contributed by atoms with van der Waals surface area (Å²) < 4.78 is 11.2. The summed E-state index contributed by atoms with van der Waals surface area (Å²) in [6.07, 6.45) is 1.66. The number of ether oxygens (including phenoxy) is 2. The van der Waals surface area contributed by atoms with Gasteiger partial charge in [0.05, 0.1) is 11.1 Å². The van der Waals surface area contributed by atoms with E-state index in [1.165, 1.54) is 0 Å². The first-order valence-corrected chi connectivity index (χ1v) is 9.58. The zero-order valence-corrected chi connectivity index (χ0v) is 16.0. The van der Waals surface area contributed by atoms with Crippen molar-refractivity contribution in [3.05, 3.63) is 64.7 Å². The van der Waals surface area contributed by atoms with Gasteiger partial charge in [0.15, 0.2) is 0 Å². The molecule has 0 bridgehead atoms. The zero-order valence-electron chi connectivity index (χ0n) is 15.2. The summed E-state index contributed by atoms with van der Waals surface area (Å²) >= 11 is 6.14. The van der Waals surface area contributed by atoms with Crippen LogP contribution in [-0.4, -0.2) is 25.2 Å². The minimum atomic E-state index is -0.500. The fourth-order valence-corrected chi connectivity index (χ4v) is 3.37. The molecule has 1 amide bonds. The third-order valence-corrected chi connectivity index (χ3v) is 5.18. The number of rotatable bonds is 7. The SMILES string of the molecule is NC(C(=O)NCc1ccccc1COc1ccccc1Cl)C1CCOCC1. The topological polar surface area (TPSA) is 73.6 Å². The summed E-state index contributed by atoms with van der Waals surface area (Å²) in [6.45, 7) is 2.14. The van der Waals surface area contributed by atoms with Gasteiger partial charge in [-0.05, 0) is 42.0 Å². The van der Waals surface area contributed by atoms with Crippen molar-refractivity contribution in [2.75, 3.05) is 13.2 Å². The number of nitrogens with one attached hydrogen (secondary N) is 1. The Hall–Kier alpha value is -2.08. The molecule has 0 saturated carbocycles. The molecule has 27 heavy (non-hydrogen) atoms. The number of carbonyl (C=O) groups excluding carboxylic acids is 1. The van der Waals surface area contributed by atoms with Gasteiger partial charge in [-0.25, -0.2) is 0 Å². The van der Waals surface area contributed by atoms with E-state index in [-0.39, 0.29) is 11.8 Å². The third kappa shape index (κ3) is 5.45. The molecule has 6 heteroatoms. The number of nitrogens with two attached hydrogens (primary N) is 1. The van der Waals surface area contributed by atoms with E-state index in [2.05, 4.69) is 5.32 Å². The van der Waals surface area contributed by atoms with E-state index in [4.69, 9.17) is 26.8 Å². The van der Waals surface area contributed by atoms with Gasteiger partial charge in [-0.15, -0.1) is 0 Å². The van der Waals surface area contributed by atoms with Crippen molar-refractivity contribution in [1.82, 2.24) is 5.32 Å². The maximum atomic E-state index is 12.4. The average molecular weight is 389 g/mol. The molecule has 1 saturated heterocycles. The Morgan fingerprint density at radius 3 is 2.56 bits per heavy atom. The summed E-state index contributed by atoms with van der Waals surface area (Å²) in [6, 6.07) is 14.7. The fraction of sp³-hybridized carbons (Fsp3) is 0.381. The van der Waals surface area contributed by atoms with Crippen molar-refractivity contribution >= 4 is 17.5 Å². The number of hydrogen-bond acceptors (Lipinski definition) is 4. The Balaban J connectivity index is 1.57. The lowest BCUT2D eigenvalue weighted by Gasteiger charge is -2.26. The van der Waals surface area contributed by atoms with Gasteiger partial charge in [-0.2, -0.15) is 0 Å². The lowest BCUT2D eigenvalue weighted by Crippen LogP contribution is -2.46. The Morgan fingerprint density at radius 2 is 1.81 bits per heavy atom. The first-order chi connectivity index (χ1) is 13.1. The minimum absolute atomic E-state index is 0.122. The molecule has 3 rings (SSSR count). The van der Waals surface area contributed by atoms with Gasteiger partial charge in [0, 0.05) is 19.8 Å². The van der Waals surface area contributed by atoms with Gasteiger partial charge in [0.1, 0.15) is 12.4 Å². The van der Waals surface area contributed by atoms with Crippen LogP contribution in [0.2, 0.25) is 5.02 Å². The molecule has 1 atom stereocenters. The van der Waals surface area contributed by atoms with Crippen LogP contribution >= 0.6 is 11.6 Å². The second-order valence-corrected chi connectivity index (χ2v) is 7.09. The van der Waals surface area contributed by atoms with E-state index < -0.39 is 6.04 Å². The molecule has 0 aromatic heterocycles. The molecule has 2 aromatic carbocycles. The first-order valence-electron chi connectivity index (χ1n) is 9.20. The summed E-state index contributed by atoms with van der Waals surface area (Å²) in [5.41, 5.74) is 8.13. The molecule has 0 aliphatic carbocycles. The second kappa shape index (κ2) is 9.74. The van der Waals surface area contributed by atoms with Crippen LogP contribution in [0.4, 0.5) is 0 Å². The number of para-hydroxylation sites is 1. The summed E-state index contributed by atoms with van der Waals surface area (Å²) in [5, 5.41) is 3.53. The van der Waals surface area contributed by atoms with E-state index in [1.54, 1.807) is 6.07 Å². The van der Waals surface area contributed by atoms with E-state index in [9.17, 15) is 4.79 Å². The van der Waals surface area contributed by atoms with Crippen LogP contribution in [0.15, 0.2) is 48.5 Å². The van der Waals surface area contributed by atoms with Crippen molar-refractivity contribution in [3.8, 4) is 5.75 Å². The Morgan fingerprint density at radius 1 is 1.15 bits per heavy atom. The molecular weight excluding hydrogens is 364 g/mol. The Kier molecular flexibility index (Phi) is 7.10. The van der Waals surface area contributed by atoms with Gasteiger partial charge in [-0.1, -0.05) is 48.0 Å². The highest BCUT2D eigenvalue weighted by Crippen LogP contribution is 2.24. The van der Waals surface area contributed by atoms with Gasteiger partial charge >= 0.3 is 0 Å². The molecule has 0 radical (unpaired) electrons. The highest BCUT2D eigenvalue weighted by atomic mass is 35.5. The number of halogens is 1. The maximum Gasteiger partial charge on any atom is 0.237 e. The number of carbonyl (C=O) groups is 1. The van der Waals surface area contributed by atoms with E-state index in [0.717, 1.165) is 24.0 Å². The van der Waals surface area contributed by atoms with Crippen molar-refractivity contribution in [2.24, 2.45) is 11.7 Å². The highest BCUT2D eigenvalue weighted by Gasteiger charge is 2.26. The van der Waals surface area contributed by atoms with Crippen molar-refractivity contribution in [3.63, 3.8) is 0 Å². The minimum Gasteiger partial charge on any atom is -0.487 e. The Labute approximate surface area is 164 Å². The molecule has 1 heterocycles. The molecule has 1 aliphatic rings. The van der Waals surface area contributed by atoms with Crippen molar-refractivity contribution in [2.45, 2.75) is 32.0 Å². The fourth-order valence-electron chi connectivity index (χ4n) is 3.18.